The summed E-state index contributed by atoms with van der Waals surface area (Å²) in [6, 6.07) is 3.75. The molecule has 24 heavy (non-hydrogen) atoms. The van der Waals surface area contributed by atoms with E-state index in [9.17, 15) is 4.79 Å². The van der Waals surface area contributed by atoms with Gasteiger partial charge in [-0.3, -0.25) is 9.69 Å². The zero-order chi connectivity index (χ0) is 16.6. The van der Waals surface area contributed by atoms with Crippen molar-refractivity contribution in [3.63, 3.8) is 0 Å². The van der Waals surface area contributed by atoms with Crippen LogP contribution in [0.4, 0.5) is 0 Å². The van der Waals surface area contributed by atoms with E-state index in [1.54, 1.807) is 6.07 Å². The van der Waals surface area contributed by atoms with Gasteiger partial charge in [0.1, 0.15) is 0 Å². The van der Waals surface area contributed by atoms with Gasteiger partial charge in [0.25, 0.3) is 5.91 Å². The maximum Gasteiger partial charge on any atom is 0.289 e. The van der Waals surface area contributed by atoms with Crippen molar-refractivity contribution in [3.8, 4) is 0 Å². The van der Waals surface area contributed by atoms with E-state index in [4.69, 9.17) is 9.26 Å². The molecule has 0 spiro atoms. The second kappa shape index (κ2) is 6.31. The summed E-state index contributed by atoms with van der Waals surface area (Å²) in [4.78, 5) is 16.1. The minimum Gasteiger partial charge on any atom is -0.380 e. The molecule has 0 radical (unpaired) electrons. The molecular formula is C17H21N3O3S. The van der Waals surface area contributed by atoms with E-state index in [1.165, 1.54) is 16.6 Å². The first kappa shape index (κ1) is 15.8. The third kappa shape index (κ3) is 2.87. The van der Waals surface area contributed by atoms with Crippen LogP contribution in [0.5, 0.6) is 0 Å². The molecule has 1 N–H and O–H groups in total. The molecule has 2 atom stereocenters. The van der Waals surface area contributed by atoms with E-state index in [0.29, 0.717) is 19.1 Å². The summed E-state index contributed by atoms with van der Waals surface area (Å²) in [6.45, 7) is 7.21. The summed E-state index contributed by atoms with van der Waals surface area (Å²) in [5.41, 5.74) is 1.36. The Kier molecular flexibility index (Phi) is 4.15. The second-order valence-electron chi connectivity index (χ2n) is 6.83. The van der Waals surface area contributed by atoms with Gasteiger partial charge in [0.2, 0.25) is 5.76 Å². The normalized spacial score (nSPS) is 26.6. The molecule has 4 heterocycles. The molecule has 0 aromatic carbocycles. The molecule has 0 bridgehead atoms. The number of nitrogens with zero attached hydrogens (tertiary/aromatic N) is 2. The summed E-state index contributed by atoms with van der Waals surface area (Å²) in [5, 5.41) is 8.74. The molecule has 1 amide bonds. The maximum atomic E-state index is 12.1. The van der Waals surface area contributed by atoms with E-state index >= 15 is 0 Å². The summed E-state index contributed by atoms with van der Waals surface area (Å²) in [6.07, 6.45) is 1.48. The van der Waals surface area contributed by atoms with Gasteiger partial charge in [0, 0.05) is 48.5 Å². The van der Waals surface area contributed by atoms with Gasteiger partial charge in [-0.15, -0.1) is 11.3 Å². The number of thiophene rings is 1. The number of fused-ring (bicyclic) bond motifs is 1. The first-order chi connectivity index (χ1) is 11.7. The van der Waals surface area contributed by atoms with Crippen LogP contribution in [0.15, 0.2) is 28.2 Å². The SMILES string of the molecule is Cc1ccsc1CN1C[C@@H]2COC[C@]2(CNC(=O)c2ccno2)C1. The first-order valence-electron chi connectivity index (χ1n) is 8.18. The highest BCUT2D eigenvalue weighted by Gasteiger charge is 2.50. The summed E-state index contributed by atoms with van der Waals surface area (Å²) >= 11 is 1.82. The van der Waals surface area contributed by atoms with Crippen molar-refractivity contribution >= 4 is 17.2 Å². The highest BCUT2D eigenvalue weighted by Crippen LogP contribution is 2.41. The van der Waals surface area contributed by atoms with Crippen LogP contribution in [0.3, 0.4) is 0 Å². The Labute approximate surface area is 144 Å². The van der Waals surface area contributed by atoms with Crippen LogP contribution in [0.1, 0.15) is 21.0 Å². The number of hydrogen-bond donors (Lipinski definition) is 1. The van der Waals surface area contributed by atoms with Gasteiger partial charge in [0.15, 0.2) is 0 Å². The van der Waals surface area contributed by atoms with Gasteiger partial charge in [-0.2, -0.15) is 0 Å². The van der Waals surface area contributed by atoms with Gasteiger partial charge in [-0.1, -0.05) is 5.16 Å². The third-order valence-corrected chi connectivity index (χ3v) is 6.20. The Balaban J connectivity index is 1.41. The highest BCUT2D eigenvalue weighted by atomic mass is 32.1. The van der Waals surface area contributed by atoms with Crippen molar-refractivity contribution in [2.75, 3.05) is 32.8 Å². The van der Waals surface area contributed by atoms with Crippen molar-refractivity contribution in [1.82, 2.24) is 15.4 Å². The molecule has 6 nitrogen and oxygen atoms in total. The van der Waals surface area contributed by atoms with Crippen molar-refractivity contribution in [2.24, 2.45) is 11.3 Å². The Morgan fingerprint density at radius 2 is 2.46 bits per heavy atom. The van der Waals surface area contributed by atoms with Crippen LogP contribution < -0.4 is 5.32 Å². The molecule has 2 aliphatic heterocycles. The fourth-order valence-corrected chi connectivity index (χ4v) is 4.71. The van der Waals surface area contributed by atoms with E-state index in [1.807, 2.05) is 11.3 Å². The minimum absolute atomic E-state index is 0.000839. The standard InChI is InChI=1S/C17H21N3O3S/c1-12-3-5-24-15(12)7-20-6-13-8-22-11-17(13,10-20)9-18-16(21)14-2-4-19-23-14/h2-5,13H,6-11H2,1H3,(H,18,21)/t13-,17+/m1/s1. The van der Waals surface area contributed by atoms with Crippen LogP contribution in [-0.4, -0.2) is 48.8 Å². The molecule has 4 rings (SSSR count). The number of aryl methyl sites for hydroxylation is 1. The minimum atomic E-state index is -0.208. The molecule has 2 aliphatic rings. The molecule has 2 fully saturated rings. The van der Waals surface area contributed by atoms with E-state index in [-0.39, 0.29) is 17.1 Å². The topological polar surface area (TPSA) is 67.6 Å². The van der Waals surface area contributed by atoms with Crippen molar-refractivity contribution in [1.29, 1.82) is 0 Å². The van der Waals surface area contributed by atoms with Gasteiger partial charge >= 0.3 is 0 Å². The predicted octanol–water partition coefficient (Wildman–Crippen LogP) is 1.92. The Morgan fingerprint density at radius 1 is 1.54 bits per heavy atom. The lowest BCUT2D eigenvalue weighted by molar-refractivity contribution is 0.0869. The zero-order valence-electron chi connectivity index (χ0n) is 13.7. The predicted molar refractivity (Wildman–Crippen MR) is 89.9 cm³/mol. The highest BCUT2D eigenvalue weighted by molar-refractivity contribution is 7.10. The zero-order valence-corrected chi connectivity index (χ0v) is 14.5. The number of carbonyl (C=O) groups is 1. The number of carbonyl (C=O) groups excluding carboxylic acids is 1. The Bertz CT molecular complexity index is 714. The monoisotopic (exact) mass is 347 g/mol. The fraction of sp³-hybridized carbons (Fsp3) is 0.529. The lowest BCUT2D eigenvalue weighted by atomic mass is 9.81. The van der Waals surface area contributed by atoms with E-state index < -0.39 is 0 Å². The van der Waals surface area contributed by atoms with Crippen LogP contribution in [-0.2, 0) is 11.3 Å². The smallest absolute Gasteiger partial charge is 0.289 e. The van der Waals surface area contributed by atoms with Crippen molar-refractivity contribution in [2.45, 2.75) is 13.5 Å². The first-order valence-corrected chi connectivity index (χ1v) is 9.06. The lowest BCUT2D eigenvalue weighted by Crippen LogP contribution is -2.43. The number of aromatic nitrogens is 1. The van der Waals surface area contributed by atoms with Crippen LogP contribution in [0, 0.1) is 18.3 Å². The summed E-state index contributed by atoms with van der Waals surface area (Å²) < 4.78 is 10.7. The molecule has 2 aromatic heterocycles. The quantitative estimate of drug-likeness (QED) is 0.895. The van der Waals surface area contributed by atoms with Gasteiger partial charge < -0.3 is 14.6 Å². The van der Waals surface area contributed by atoms with E-state index in [0.717, 1.165) is 26.2 Å². The molecule has 0 saturated carbocycles. The lowest BCUT2D eigenvalue weighted by Gasteiger charge is -2.27. The molecular weight excluding hydrogens is 326 g/mol. The fourth-order valence-electron chi connectivity index (χ4n) is 3.76. The average Bonchev–Trinajstić information content (AvgIpc) is 3.31. The Hall–Kier alpha value is -1.70. The van der Waals surface area contributed by atoms with Gasteiger partial charge in [-0.05, 0) is 23.9 Å². The number of amides is 1. The van der Waals surface area contributed by atoms with Gasteiger partial charge in [0.05, 0.1) is 19.4 Å². The number of likely N-dealkylation sites (tertiary alicyclic amines) is 1. The number of nitrogens with one attached hydrogen (secondary N) is 1. The molecule has 0 unspecified atom stereocenters. The molecule has 128 valence electrons. The van der Waals surface area contributed by atoms with Crippen LogP contribution in [0.25, 0.3) is 0 Å². The third-order valence-electron chi connectivity index (χ3n) is 5.19. The summed E-state index contributed by atoms with van der Waals surface area (Å²) in [5.74, 6) is 0.513. The number of rotatable bonds is 5. The Morgan fingerprint density at radius 3 is 3.21 bits per heavy atom. The number of ether oxygens (including phenoxy) is 1. The maximum absolute atomic E-state index is 12.1. The molecule has 2 saturated heterocycles. The van der Waals surface area contributed by atoms with E-state index in [2.05, 4.69) is 33.7 Å². The van der Waals surface area contributed by atoms with Gasteiger partial charge in [-0.25, -0.2) is 0 Å². The molecule has 0 aliphatic carbocycles. The second-order valence-corrected chi connectivity index (χ2v) is 7.83. The largest absolute Gasteiger partial charge is 0.380 e. The van der Waals surface area contributed by atoms with Crippen molar-refractivity contribution in [3.05, 3.63) is 39.9 Å². The van der Waals surface area contributed by atoms with Crippen molar-refractivity contribution < 1.29 is 14.1 Å². The molecule has 2 aromatic rings. The van der Waals surface area contributed by atoms with Crippen LogP contribution in [0.2, 0.25) is 0 Å². The average molecular weight is 347 g/mol. The number of hydrogen-bond acceptors (Lipinski definition) is 6. The van der Waals surface area contributed by atoms with Crippen LogP contribution >= 0.6 is 11.3 Å². The molecule has 7 heteroatoms. The summed E-state index contributed by atoms with van der Waals surface area (Å²) in [7, 11) is 0.